The van der Waals surface area contributed by atoms with Crippen molar-refractivity contribution in [3.05, 3.63) is 78.9 Å². The molecular weight excluding hydrogens is 428 g/mol. The first kappa shape index (κ1) is 21.6. The van der Waals surface area contributed by atoms with E-state index in [1.165, 1.54) is 0 Å². The smallest absolute Gasteiger partial charge is 0.150 e. The average molecular weight is 455 g/mol. The van der Waals surface area contributed by atoms with Crippen LogP contribution in [-0.4, -0.2) is 51.2 Å². The molecule has 4 heterocycles. The molecule has 0 aliphatic carbocycles. The zero-order chi connectivity index (χ0) is 23.2. The van der Waals surface area contributed by atoms with Gasteiger partial charge in [0.25, 0.3) is 0 Å². The molecule has 1 aromatic carbocycles. The van der Waals surface area contributed by atoms with Crippen molar-refractivity contribution >= 4 is 23.1 Å². The van der Waals surface area contributed by atoms with Crippen LogP contribution < -0.4 is 20.9 Å². The monoisotopic (exact) mass is 454 g/mol. The Kier molecular flexibility index (Phi) is 6.44. The van der Waals surface area contributed by atoms with Crippen molar-refractivity contribution < 1.29 is 5.11 Å². The van der Waals surface area contributed by atoms with Crippen molar-refractivity contribution in [2.75, 3.05) is 41.7 Å². The molecule has 4 aromatic rings. The van der Waals surface area contributed by atoms with Gasteiger partial charge < -0.3 is 26.0 Å². The molecule has 0 amide bonds. The summed E-state index contributed by atoms with van der Waals surface area (Å²) in [4.78, 5) is 20.1. The summed E-state index contributed by atoms with van der Waals surface area (Å²) in [5, 5.41) is 19.6. The summed E-state index contributed by atoms with van der Waals surface area (Å²) < 4.78 is 0. The van der Waals surface area contributed by atoms with Gasteiger partial charge in [0.2, 0.25) is 0 Å². The molecule has 0 saturated carbocycles. The molecule has 1 aliphatic heterocycles. The maximum absolute atomic E-state index is 9.54. The van der Waals surface area contributed by atoms with Crippen LogP contribution in [0, 0.1) is 0 Å². The van der Waals surface area contributed by atoms with E-state index in [0.29, 0.717) is 18.2 Å². The summed E-state index contributed by atoms with van der Waals surface area (Å²) in [7, 11) is 0. The standard InChI is InChI=1S/C25H26N8O/c34-21-3-1-18(2-4-21)16-30-20-14-22(31-23(15-20)32-24-17-27-7-8-28-24)19-5-6-29-25(13-19)33-11-9-26-10-12-33/h1-8,13-15,17,26,34H,9-12,16H2,(H2,28,30,31,32). The summed E-state index contributed by atoms with van der Waals surface area (Å²) in [6, 6.07) is 15.2. The third kappa shape index (κ3) is 5.38. The van der Waals surface area contributed by atoms with E-state index < -0.39 is 0 Å². The van der Waals surface area contributed by atoms with E-state index in [1.807, 2.05) is 36.5 Å². The first-order valence-electron chi connectivity index (χ1n) is 11.2. The van der Waals surface area contributed by atoms with E-state index in [-0.39, 0.29) is 5.75 Å². The summed E-state index contributed by atoms with van der Waals surface area (Å²) >= 11 is 0. The van der Waals surface area contributed by atoms with Crippen molar-refractivity contribution in [3.63, 3.8) is 0 Å². The van der Waals surface area contributed by atoms with Crippen LogP contribution in [0.5, 0.6) is 5.75 Å². The first-order valence-corrected chi connectivity index (χ1v) is 11.2. The molecule has 9 heteroatoms. The second kappa shape index (κ2) is 10.1. The van der Waals surface area contributed by atoms with Crippen LogP contribution in [0.25, 0.3) is 11.3 Å². The van der Waals surface area contributed by atoms with Crippen LogP contribution in [0.2, 0.25) is 0 Å². The number of anilines is 4. The van der Waals surface area contributed by atoms with Gasteiger partial charge in [-0.2, -0.15) is 0 Å². The van der Waals surface area contributed by atoms with Crippen LogP contribution in [0.4, 0.5) is 23.1 Å². The van der Waals surface area contributed by atoms with E-state index in [0.717, 1.165) is 54.5 Å². The molecule has 34 heavy (non-hydrogen) atoms. The highest BCUT2D eigenvalue weighted by Crippen LogP contribution is 2.28. The zero-order valence-corrected chi connectivity index (χ0v) is 18.6. The molecule has 9 nitrogen and oxygen atoms in total. The van der Waals surface area contributed by atoms with E-state index in [2.05, 4.69) is 41.9 Å². The molecule has 0 bridgehead atoms. The average Bonchev–Trinajstić information content (AvgIpc) is 2.89. The highest BCUT2D eigenvalue weighted by Gasteiger charge is 2.14. The van der Waals surface area contributed by atoms with Crippen molar-refractivity contribution in [2.24, 2.45) is 0 Å². The fourth-order valence-electron chi connectivity index (χ4n) is 3.80. The number of phenols is 1. The number of piperazine rings is 1. The molecule has 172 valence electrons. The maximum Gasteiger partial charge on any atom is 0.150 e. The number of benzene rings is 1. The molecule has 0 atom stereocenters. The zero-order valence-electron chi connectivity index (χ0n) is 18.6. The number of hydrogen-bond donors (Lipinski definition) is 4. The summed E-state index contributed by atoms with van der Waals surface area (Å²) in [6.07, 6.45) is 6.76. The van der Waals surface area contributed by atoms with Crippen LogP contribution in [0.3, 0.4) is 0 Å². The number of nitrogens with one attached hydrogen (secondary N) is 3. The maximum atomic E-state index is 9.54. The van der Waals surface area contributed by atoms with Gasteiger partial charge in [-0.3, -0.25) is 4.98 Å². The summed E-state index contributed by atoms with van der Waals surface area (Å²) in [6.45, 7) is 4.37. The number of phenolic OH excluding ortho intramolecular Hbond substituents is 1. The SMILES string of the molecule is Oc1ccc(CNc2cc(Nc3cnccn3)nc(-c3ccnc(N4CCNCC4)c3)c2)cc1. The Bertz CT molecular complexity index is 1230. The van der Waals surface area contributed by atoms with Gasteiger partial charge in [-0.1, -0.05) is 12.1 Å². The van der Waals surface area contributed by atoms with Crippen LogP contribution >= 0.6 is 0 Å². The third-order valence-corrected chi connectivity index (χ3v) is 5.56. The van der Waals surface area contributed by atoms with E-state index >= 15 is 0 Å². The molecule has 3 aromatic heterocycles. The number of aromatic hydroxyl groups is 1. The second-order valence-electron chi connectivity index (χ2n) is 8.00. The normalized spacial score (nSPS) is 13.5. The van der Waals surface area contributed by atoms with Crippen LogP contribution in [-0.2, 0) is 6.54 Å². The minimum Gasteiger partial charge on any atom is -0.508 e. The van der Waals surface area contributed by atoms with Gasteiger partial charge in [-0.05, 0) is 35.9 Å². The summed E-state index contributed by atoms with van der Waals surface area (Å²) in [5.41, 5.74) is 3.77. The Morgan fingerprint density at radius 3 is 2.56 bits per heavy atom. The van der Waals surface area contributed by atoms with Crippen LogP contribution in [0.1, 0.15) is 5.56 Å². The van der Waals surface area contributed by atoms with Crippen molar-refractivity contribution in [2.45, 2.75) is 6.54 Å². The molecular formula is C25H26N8O. The lowest BCUT2D eigenvalue weighted by molar-refractivity contribution is 0.475. The fourth-order valence-corrected chi connectivity index (χ4v) is 3.80. The van der Waals surface area contributed by atoms with Crippen molar-refractivity contribution in [1.29, 1.82) is 0 Å². The molecule has 0 spiro atoms. The Hall–Kier alpha value is -4.24. The number of pyridine rings is 2. The predicted octanol–water partition coefficient (Wildman–Crippen LogP) is 3.40. The van der Waals surface area contributed by atoms with Gasteiger partial charge >= 0.3 is 0 Å². The van der Waals surface area contributed by atoms with E-state index in [9.17, 15) is 5.11 Å². The lowest BCUT2D eigenvalue weighted by Crippen LogP contribution is -2.43. The van der Waals surface area contributed by atoms with Gasteiger partial charge in [0.1, 0.15) is 23.2 Å². The first-order chi connectivity index (χ1) is 16.7. The fraction of sp³-hybridized carbons (Fsp3) is 0.200. The van der Waals surface area contributed by atoms with E-state index in [1.54, 1.807) is 30.7 Å². The Balaban J connectivity index is 1.44. The van der Waals surface area contributed by atoms with Crippen LogP contribution in [0.15, 0.2) is 73.3 Å². The Labute approximate surface area is 198 Å². The lowest BCUT2D eigenvalue weighted by atomic mass is 10.1. The highest BCUT2D eigenvalue weighted by atomic mass is 16.3. The molecule has 4 N–H and O–H groups in total. The molecule has 0 radical (unpaired) electrons. The molecule has 1 fully saturated rings. The highest BCUT2D eigenvalue weighted by molar-refractivity contribution is 5.71. The molecule has 5 rings (SSSR count). The van der Waals surface area contributed by atoms with Gasteiger partial charge in [-0.15, -0.1) is 0 Å². The second-order valence-corrected chi connectivity index (χ2v) is 8.00. The lowest BCUT2D eigenvalue weighted by Gasteiger charge is -2.28. The Morgan fingerprint density at radius 2 is 1.76 bits per heavy atom. The number of aromatic nitrogens is 4. The quantitative estimate of drug-likeness (QED) is 0.334. The molecule has 1 saturated heterocycles. The minimum absolute atomic E-state index is 0.253. The van der Waals surface area contributed by atoms with Gasteiger partial charge in [0.05, 0.1) is 11.9 Å². The number of rotatable bonds is 7. The predicted molar refractivity (Wildman–Crippen MR) is 133 cm³/mol. The largest absolute Gasteiger partial charge is 0.508 e. The third-order valence-electron chi connectivity index (χ3n) is 5.56. The molecule has 1 aliphatic rings. The topological polar surface area (TPSA) is 111 Å². The molecule has 0 unspecified atom stereocenters. The van der Waals surface area contributed by atoms with Crippen molar-refractivity contribution in [1.82, 2.24) is 25.3 Å². The number of nitrogens with zero attached hydrogens (tertiary/aromatic N) is 5. The summed E-state index contributed by atoms with van der Waals surface area (Å²) in [5.74, 6) is 2.48. The van der Waals surface area contributed by atoms with Gasteiger partial charge in [0.15, 0.2) is 0 Å². The van der Waals surface area contributed by atoms with Crippen molar-refractivity contribution in [3.8, 4) is 17.0 Å². The Morgan fingerprint density at radius 1 is 0.912 bits per heavy atom. The van der Waals surface area contributed by atoms with E-state index in [4.69, 9.17) is 4.98 Å². The van der Waals surface area contributed by atoms with Gasteiger partial charge in [-0.25, -0.2) is 15.0 Å². The minimum atomic E-state index is 0.253. The van der Waals surface area contributed by atoms with Gasteiger partial charge in [0, 0.05) is 68.6 Å². The number of hydrogen-bond acceptors (Lipinski definition) is 9.